The van der Waals surface area contributed by atoms with Gasteiger partial charge in [0.1, 0.15) is 0 Å². The van der Waals surface area contributed by atoms with Gasteiger partial charge in [-0.25, -0.2) is 0 Å². The summed E-state index contributed by atoms with van der Waals surface area (Å²) in [6, 6.07) is 0. The zero-order chi connectivity index (χ0) is 7.19. The van der Waals surface area contributed by atoms with Crippen LogP contribution in [0.15, 0.2) is 0 Å². The molecular weight excluding hydrogens is 166 g/mol. The molecule has 4 heteroatoms. The minimum Gasteiger partial charge on any atom is -0.481 e. The lowest BCUT2D eigenvalue weighted by molar-refractivity contribution is -0.142. The smallest absolute Gasteiger partial charge is 0.308 e. The highest BCUT2D eigenvalue weighted by atomic mass is 35.5. The Morgan fingerprint density at radius 3 is 2.55 bits per heavy atom. The van der Waals surface area contributed by atoms with E-state index in [9.17, 15) is 4.79 Å². The Morgan fingerprint density at radius 1 is 1.55 bits per heavy atom. The number of nitrogens with one attached hydrogen (secondary N) is 1. The number of hydrogen-bond acceptors (Lipinski definition) is 2. The first-order valence-electron chi connectivity index (χ1n) is 3.72. The van der Waals surface area contributed by atoms with E-state index in [0.717, 1.165) is 25.8 Å². The van der Waals surface area contributed by atoms with Gasteiger partial charge in [-0.3, -0.25) is 4.79 Å². The minimum absolute atomic E-state index is 0. The lowest BCUT2D eigenvalue weighted by atomic mass is 9.99. The van der Waals surface area contributed by atoms with E-state index in [-0.39, 0.29) is 23.9 Å². The molecule has 1 saturated carbocycles. The van der Waals surface area contributed by atoms with E-state index in [4.69, 9.17) is 5.11 Å². The number of carboxylic acids is 1. The molecule has 3 nitrogen and oxygen atoms in total. The first-order chi connectivity index (χ1) is 4.75. The monoisotopic (exact) mass is 177 g/mol. The Hall–Kier alpha value is -0.280. The molecular formula is C7H12ClNO2. The fourth-order valence-electron chi connectivity index (χ4n) is 1.88. The highest BCUT2D eigenvalue weighted by Gasteiger charge is 2.55. The van der Waals surface area contributed by atoms with E-state index in [1.54, 1.807) is 0 Å². The zero-order valence-electron chi connectivity index (χ0n) is 6.17. The Kier molecular flexibility index (Phi) is 2.12. The van der Waals surface area contributed by atoms with E-state index in [2.05, 4.69) is 5.32 Å². The van der Waals surface area contributed by atoms with Crippen molar-refractivity contribution in [3.05, 3.63) is 0 Å². The average molecular weight is 178 g/mol. The van der Waals surface area contributed by atoms with Crippen LogP contribution in [0.1, 0.15) is 19.3 Å². The molecule has 2 fully saturated rings. The Morgan fingerprint density at radius 2 is 2.18 bits per heavy atom. The van der Waals surface area contributed by atoms with Crippen LogP contribution < -0.4 is 5.32 Å². The van der Waals surface area contributed by atoms with Crippen molar-refractivity contribution in [3.8, 4) is 0 Å². The van der Waals surface area contributed by atoms with Crippen molar-refractivity contribution in [2.45, 2.75) is 24.8 Å². The molecule has 0 radical (unpaired) electrons. The van der Waals surface area contributed by atoms with Crippen LogP contribution >= 0.6 is 12.4 Å². The predicted molar refractivity (Wildman–Crippen MR) is 43.0 cm³/mol. The van der Waals surface area contributed by atoms with Crippen molar-refractivity contribution >= 4 is 18.4 Å². The molecule has 1 aliphatic carbocycles. The first-order valence-corrected chi connectivity index (χ1v) is 3.72. The molecule has 2 rings (SSSR count). The third kappa shape index (κ3) is 1.23. The van der Waals surface area contributed by atoms with Crippen LogP contribution in [0.5, 0.6) is 0 Å². The van der Waals surface area contributed by atoms with Crippen molar-refractivity contribution in [2.24, 2.45) is 5.92 Å². The summed E-state index contributed by atoms with van der Waals surface area (Å²) < 4.78 is 0. The van der Waals surface area contributed by atoms with Crippen LogP contribution in [0.3, 0.4) is 0 Å². The maximum atomic E-state index is 10.6. The second-order valence-corrected chi connectivity index (χ2v) is 3.26. The quantitative estimate of drug-likeness (QED) is 0.618. The van der Waals surface area contributed by atoms with Gasteiger partial charge in [-0.05, 0) is 25.8 Å². The van der Waals surface area contributed by atoms with E-state index in [1.807, 2.05) is 0 Å². The predicted octanol–water partition coefficient (Wildman–Crippen LogP) is 0.635. The van der Waals surface area contributed by atoms with Gasteiger partial charge in [-0.15, -0.1) is 12.4 Å². The number of carboxylic acid groups (broad SMARTS) is 1. The maximum Gasteiger partial charge on any atom is 0.308 e. The third-order valence-electron chi connectivity index (χ3n) is 2.66. The van der Waals surface area contributed by atoms with Crippen molar-refractivity contribution in [1.82, 2.24) is 5.32 Å². The Balaban J connectivity index is 0.000000605. The number of aliphatic carboxylic acids is 1. The molecule has 1 heterocycles. The van der Waals surface area contributed by atoms with Gasteiger partial charge in [0.15, 0.2) is 0 Å². The summed E-state index contributed by atoms with van der Waals surface area (Å²) >= 11 is 0. The Bertz CT molecular complexity index is 179. The summed E-state index contributed by atoms with van der Waals surface area (Å²) in [6.07, 6.45) is 2.93. The van der Waals surface area contributed by atoms with Crippen LogP contribution in [-0.2, 0) is 4.79 Å². The second kappa shape index (κ2) is 2.64. The third-order valence-corrected chi connectivity index (χ3v) is 2.66. The topological polar surface area (TPSA) is 49.3 Å². The molecule has 1 aliphatic heterocycles. The van der Waals surface area contributed by atoms with Gasteiger partial charge < -0.3 is 10.4 Å². The molecule has 11 heavy (non-hydrogen) atoms. The van der Waals surface area contributed by atoms with E-state index in [0.29, 0.717) is 0 Å². The molecule has 1 spiro atoms. The molecule has 2 N–H and O–H groups in total. The second-order valence-electron chi connectivity index (χ2n) is 3.26. The molecule has 0 amide bonds. The molecule has 0 aromatic heterocycles. The maximum absolute atomic E-state index is 10.6. The standard InChI is InChI=1S/C7H11NO2.ClH/c9-6(10)5-1-4-8-7(5)2-3-7;/h5,8H,1-4H2,(H,9,10);1H. The molecule has 1 unspecified atom stereocenters. The minimum atomic E-state index is -0.623. The van der Waals surface area contributed by atoms with E-state index >= 15 is 0 Å². The molecule has 64 valence electrons. The van der Waals surface area contributed by atoms with Gasteiger partial charge in [0.25, 0.3) is 0 Å². The van der Waals surface area contributed by atoms with Crippen LogP contribution in [0, 0.1) is 5.92 Å². The van der Waals surface area contributed by atoms with Crippen molar-refractivity contribution in [1.29, 1.82) is 0 Å². The number of hydrogen-bond donors (Lipinski definition) is 2. The van der Waals surface area contributed by atoms with Crippen LogP contribution in [0.2, 0.25) is 0 Å². The van der Waals surface area contributed by atoms with Crippen LogP contribution in [-0.4, -0.2) is 23.2 Å². The summed E-state index contributed by atoms with van der Waals surface area (Å²) in [5.74, 6) is -0.727. The fraction of sp³-hybridized carbons (Fsp3) is 0.857. The summed E-state index contributed by atoms with van der Waals surface area (Å²) in [5.41, 5.74) is 0.0336. The fourth-order valence-corrected chi connectivity index (χ4v) is 1.88. The molecule has 1 saturated heterocycles. The van der Waals surface area contributed by atoms with Crippen LogP contribution in [0.25, 0.3) is 0 Å². The van der Waals surface area contributed by atoms with Gasteiger partial charge in [-0.2, -0.15) is 0 Å². The normalized spacial score (nSPS) is 31.5. The lowest BCUT2D eigenvalue weighted by Gasteiger charge is -2.12. The number of halogens is 1. The summed E-state index contributed by atoms with van der Waals surface area (Å²) in [5, 5.41) is 12.0. The molecule has 0 bridgehead atoms. The number of rotatable bonds is 1. The molecule has 0 aromatic carbocycles. The van der Waals surface area contributed by atoms with E-state index in [1.165, 1.54) is 0 Å². The van der Waals surface area contributed by atoms with Gasteiger partial charge in [0.2, 0.25) is 0 Å². The lowest BCUT2D eigenvalue weighted by Crippen LogP contribution is -2.33. The highest BCUT2D eigenvalue weighted by molar-refractivity contribution is 5.85. The summed E-state index contributed by atoms with van der Waals surface area (Å²) in [4.78, 5) is 10.6. The molecule has 0 aromatic rings. The SMILES string of the molecule is Cl.O=C(O)C1CCNC12CC2. The van der Waals surface area contributed by atoms with Crippen molar-refractivity contribution < 1.29 is 9.90 Å². The summed E-state index contributed by atoms with van der Waals surface area (Å²) in [7, 11) is 0. The van der Waals surface area contributed by atoms with Crippen molar-refractivity contribution in [3.63, 3.8) is 0 Å². The number of carbonyl (C=O) groups is 1. The average Bonchev–Trinajstić information content (AvgIpc) is 2.42. The molecule has 2 aliphatic rings. The van der Waals surface area contributed by atoms with Crippen molar-refractivity contribution in [2.75, 3.05) is 6.54 Å². The van der Waals surface area contributed by atoms with Gasteiger partial charge >= 0.3 is 5.97 Å². The molecule has 1 atom stereocenters. The van der Waals surface area contributed by atoms with Crippen LogP contribution in [0.4, 0.5) is 0 Å². The highest BCUT2D eigenvalue weighted by Crippen LogP contribution is 2.46. The first kappa shape index (κ1) is 8.81. The largest absolute Gasteiger partial charge is 0.481 e. The van der Waals surface area contributed by atoms with Gasteiger partial charge in [-0.1, -0.05) is 0 Å². The van der Waals surface area contributed by atoms with E-state index < -0.39 is 5.97 Å². The Labute approximate surface area is 71.6 Å². The van der Waals surface area contributed by atoms with Gasteiger partial charge in [0, 0.05) is 5.54 Å². The van der Waals surface area contributed by atoms with Gasteiger partial charge in [0.05, 0.1) is 5.92 Å². The zero-order valence-corrected chi connectivity index (χ0v) is 6.99. The summed E-state index contributed by atoms with van der Waals surface area (Å²) in [6.45, 7) is 0.886.